The van der Waals surface area contributed by atoms with Gasteiger partial charge in [0.1, 0.15) is 0 Å². The van der Waals surface area contributed by atoms with E-state index in [2.05, 4.69) is 26.6 Å². The molecule has 1 atom stereocenters. The Morgan fingerprint density at radius 3 is 3.06 bits per heavy atom. The van der Waals surface area contributed by atoms with Crippen LogP contribution in [0.3, 0.4) is 0 Å². The Kier molecular flexibility index (Phi) is 3.90. The highest BCUT2D eigenvalue weighted by Gasteiger charge is 2.22. The number of halogens is 1. The lowest BCUT2D eigenvalue weighted by Gasteiger charge is -2.11. The summed E-state index contributed by atoms with van der Waals surface area (Å²) in [7, 11) is 1.65. The molecule has 2 rings (SSSR count). The molecule has 92 valence electrons. The molecule has 1 aromatic rings. The predicted molar refractivity (Wildman–Crippen MR) is 72.3 cm³/mol. The summed E-state index contributed by atoms with van der Waals surface area (Å²) in [4.78, 5) is 23.3. The van der Waals surface area contributed by atoms with Crippen LogP contribution in [0.5, 0.6) is 0 Å². The summed E-state index contributed by atoms with van der Waals surface area (Å²) in [5.74, 6) is 1.51. The van der Waals surface area contributed by atoms with Crippen molar-refractivity contribution in [1.82, 2.24) is 9.88 Å². The molecule has 2 N–H and O–H groups in total. The van der Waals surface area contributed by atoms with Crippen molar-refractivity contribution in [3.8, 4) is 0 Å². The normalized spacial score (nSPS) is 19.3. The van der Waals surface area contributed by atoms with Crippen molar-refractivity contribution in [2.24, 2.45) is 7.05 Å². The van der Waals surface area contributed by atoms with Gasteiger partial charge in [0, 0.05) is 24.9 Å². The summed E-state index contributed by atoms with van der Waals surface area (Å²) in [5.41, 5.74) is 0.486. The van der Waals surface area contributed by atoms with Crippen molar-refractivity contribution in [1.29, 1.82) is 0 Å². The van der Waals surface area contributed by atoms with E-state index in [1.54, 1.807) is 31.1 Å². The van der Waals surface area contributed by atoms with Crippen molar-refractivity contribution in [3.05, 3.63) is 27.1 Å². The molecule has 2 heterocycles. The number of nitrogens with one attached hydrogen (secondary N) is 2. The Morgan fingerprint density at radius 2 is 2.47 bits per heavy atom. The Bertz CT molecular complexity index is 471. The van der Waals surface area contributed by atoms with Crippen molar-refractivity contribution < 1.29 is 4.79 Å². The van der Waals surface area contributed by atoms with Crippen LogP contribution in [0.4, 0.5) is 5.69 Å². The molecule has 0 bridgehead atoms. The largest absolute Gasteiger partial charge is 0.323 e. The van der Waals surface area contributed by atoms with Crippen molar-refractivity contribution in [3.63, 3.8) is 0 Å². The molecule has 0 spiro atoms. The number of hydrogen-bond acceptors (Lipinski definition) is 4. The summed E-state index contributed by atoms with van der Waals surface area (Å²) in [6.07, 6.45) is 1.60. The Morgan fingerprint density at radius 1 is 1.71 bits per heavy atom. The maximum atomic E-state index is 11.8. The van der Waals surface area contributed by atoms with E-state index >= 15 is 0 Å². The Labute approximate surface area is 111 Å². The fourth-order valence-electron chi connectivity index (χ4n) is 1.53. The Balaban J connectivity index is 2.13. The Hall–Kier alpha value is -0.790. The molecule has 17 heavy (non-hydrogen) atoms. The summed E-state index contributed by atoms with van der Waals surface area (Å²) >= 11 is 4.86. The average molecular weight is 318 g/mol. The molecule has 1 amide bonds. The summed E-state index contributed by atoms with van der Waals surface area (Å²) in [6, 6.07) is 1.46. The standard InChI is InChI=1S/C10H12BrN3O2S/c1-14-3-6(2-7(11)10(14)16)13-9(15)8-4-17-5-12-8/h2-3,8,12H,4-5H2,1H3,(H,13,15)/t8-/m1/s1. The SMILES string of the molecule is Cn1cc(NC(=O)[C@H]2CSCN2)cc(Br)c1=O. The van der Waals surface area contributed by atoms with E-state index in [-0.39, 0.29) is 17.5 Å². The lowest BCUT2D eigenvalue weighted by Crippen LogP contribution is -2.37. The lowest BCUT2D eigenvalue weighted by molar-refractivity contribution is -0.117. The van der Waals surface area contributed by atoms with Crippen LogP contribution in [0, 0.1) is 0 Å². The summed E-state index contributed by atoms with van der Waals surface area (Å²) < 4.78 is 1.86. The first-order valence-corrected chi connectivity index (χ1v) is 7.01. The van der Waals surface area contributed by atoms with Gasteiger partial charge in [-0.3, -0.25) is 14.9 Å². The molecule has 5 nitrogen and oxygen atoms in total. The van der Waals surface area contributed by atoms with Crippen LogP contribution < -0.4 is 16.2 Å². The number of amides is 1. The van der Waals surface area contributed by atoms with Crippen LogP contribution >= 0.6 is 27.7 Å². The number of rotatable bonds is 2. The molecule has 1 aromatic heterocycles. The minimum atomic E-state index is -0.156. The van der Waals surface area contributed by atoms with Gasteiger partial charge >= 0.3 is 0 Å². The van der Waals surface area contributed by atoms with Gasteiger partial charge < -0.3 is 9.88 Å². The maximum absolute atomic E-state index is 11.8. The van der Waals surface area contributed by atoms with E-state index in [1.165, 1.54) is 4.57 Å². The monoisotopic (exact) mass is 317 g/mol. The molecule has 0 radical (unpaired) electrons. The molecule has 7 heteroatoms. The van der Waals surface area contributed by atoms with Gasteiger partial charge in [0.2, 0.25) is 5.91 Å². The van der Waals surface area contributed by atoms with Gasteiger partial charge in [-0.15, -0.1) is 11.8 Å². The van der Waals surface area contributed by atoms with E-state index in [0.717, 1.165) is 11.6 Å². The number of thioether (sulfide) groups is 1. The third-order valence-electron chi connectivity index (χ3n) is 2.44. The fourth-order valence-corrected chi connectivity index (χ4v) is 3.00. The number of pyridine rings is 1. The lowest BCUT2D eigenvalue weighted by atomic mass is 10.3. The number of hydrogen-bond donors (Lipinski definition) is 2. The number of carbonyl (C=O) groups excluding carboxylic acids is 1. The zero-order chi connectivity index (χ0) is 12.4. The molecule has 0 unspecified atom stereocenters. The summed E-state index contributed by atoms with van der Waals surface area (Å²) in [5, 5.41) is 5.88. The second kappa shape index (κ2) is 5.24. The highest BCUT2D eigenvalue weighted by Crippen LogP contribution is 2.14. The number of aromatic nitrogens is 1. The van der Waals surface area contributed by atoms with Crippen LogP contribution in [0.1, 0.15) is 0 Å². The van der Waals surface area contributed by atoms with Crippen LogP contribution in [0.25, 0.3) is 0 Å². The van der Waals surface area contributed by atoms with Gasteiger partial charge in [0.25, 0.3) is 5.56 Å². The van der Waals surface area contributed by atoms with Crippen LogP contribution in [0.15, 0.2) is 21.5 Å². The van der Waals surface area contributed by atoms with E-state index in [4.69, 9.17) is 0 Å². The molecule has 0 aromatic carbocycles. The van der Waals surface area contributed by atoms with E-state index < -0.39 is 0 Å². The van der Waals surface area contributed by atoms with E-state index in [0.29, 0.717) is 10.2 Å². The minimum Gasteiger partial charge on any atom is -0.323 e. The third-order valence-corrected chi connectivity index (χ3v) is 3.95. The third kappa shape index (κ3) is 2.91. The van der Waals surface area contributed by atoms with Gasteiger partial charge in [0.05, 0.1) is 16.2 Å². The van der Waals surface area contributed by atoms with Gasteiger partial charge in [-0.1, -0.05) is 0 Å². The number of anilines is 1. The van der Waals surface area contributed by atoms with Crippen molar-refractivity contribution >= 4 is 39.3 Å². The number of aryl methyl sites for hydroxylation is 1. The van der Waals surface area contributed by atoms with Crippen molar-refractivity contribution in [2.75, 3.05) is 16.9 Å². The van der Waals surface area contributed by atoms with E-state index in [9.17, 15) is 9.59 Å². The summed E-state index contributed by atoms with van der Waals surface area (Å²) in [6.45, 7) is 0. The first-order chi connectivity index (χ1) is 8.08. The predicted octanol–water partition coefficient (Wildman–Crippen LogP) is 0.749. The minimum absolute atomic E-state index is 0.0689. The smallest absolute Gasteiger partial charge is 0.264 e. The molecule has 1 aliphatic heterocycles. The van der Waals surface area contributed by atoms with Crippen LogP contribution in [0.2, 0.25) is 0 Å². The molecular formula is C10H12BrN3O2S. The zero-order valence-electron chi connectivity index (χ0n) is 9.20. The van der Waals surface area contributed by atoms with E-state index in [1.807, 2.05) is 0 Å². The second-order valence-corrected chi connectivity index (χ2v) is 5.64. The molecule has 1 aliphatic rings. The van der Waals surface area contributed by atoms with Crippen LogP contribution in [-0.4, -0.2) is 28.1 Å². The first-order valence-electron chi connectivity index (χ1n) is 5.06. The fraction of sp³-hybridized carbons (Fsp3) is 0.400. The molecule has 0 aliphatic carbocycles. The van der Waals surface area contributed by atoms with Gasteiger partial charge in [-0.2, -0.15) is 0 Å². The highest BCUT2D eigenvalue weighted by atomic mass is 79.9. The first kappa shape index (κ1) is 12.7. The second-order valence-electron chi connectivity index (χ2n) is 3.75. The zero-order valence-corrected chi connectivity index (χ0v) is 11.6. The number of nitrogens with zero attached hydrogens (tertiary/aromatic N) is 1. The molecule has 1 saturated heterocycles. The maximum Gasteiger partial charge on any atom is 0.264 e. The van der Waals surface area contributed by atoms with Gasteiger partial charge in [-0.05, 0) is 22.0 Å². The molecule has 1 fully saturated rings. The average Bonchev–Trinajstić information content (AvgIpc) is 2.79. The van der Waals surface area contributed by atoms with Gasteiger partial charge in [-0.25, -0.2) is 0 Å². The molecular weight excluding hydrogens is 306 g/mol. The molecule has 0 saturated carbocycles. The van der Waals surface area contributed by atoms with Gasteiger partial charge in [0.15, 0.2) is 0 Å². The number of carbonyl (C=O) groups is 1. The highest BCUT2D eigenvalue weighted by molar-refractivity contribution is 9.10. The topological polar surface area (TPSA) is 63.1 Å². The quantitative estimate of drug-likeness (QED) is 0.845. The van der Waals surface area contributed by atoms with Crippen molar-refractivity contribution in [2.45, 2.75) is 6.04 Å². The van der Waals surface area contributed by atoms with Crippen LogP contribution in [-0.2, 0) is 11.8 Å².